The van der Waals surface area contributed by atoms with Crippen molar-refractivity contribution in [1.82, 2.24) is 10.0 Å². The minimum Gasteiger partial charge on any atom is -0.292 e. The van der Waals surface area contributed by atoms with Gasteiger partial charge in [-0.1, -0.05) is 11.6 Å². The minimum absolute atomic E-state index is 0.0398. The second kappa shape index (κ2) is 6.29. The van der Waals surface area contributed by atoms with Crippen LogP contribution in [-0.4, -0.2) is 40.2 Å². The largest absolute Gasteiger partial charge is 0.292 e. The Balaban J connectivity index is 2.15. The lowest BCUT2D eigenvalue weighted by atomic mass is 10.1. The number of hydrazine groups is 1. The first-order chi connectivity index (χ1) is 9.52. The highest BCUT2D eigenvalue weighted by Gasteiger charge is 2.29. The van der Waals surface area contributed by atoms with Crippen LogP contribution in [0, 0.1) is 0 Å². The van der Waals surface area contributed by atoms with Gasteiger partial charge in [-0.15, -0.1) is 11.6 Å². The van der Waals surface area contributed by atoms with Crippen LogP contribution in [-0.2, 0) is 4.79 Å². The van der Waals surface area contributed by atoms with E-state index in [-0.39, 0.29) is 18.2 Å². The number of rotatable bonds is 4. The fraction of sp³-hybridized carbons (Fsp3) is 0.286. The second-order valence-corrected chi connectivity index (χ2v) is 5.23. The molecule has 0 fully saturated rings. The zero-order chi connectivity index (χ0) is 14.7. The number of amides is 1. The summed E-state index contributed by atoms with van der Waals surface area (Å²) in [5, 5.41) is 2.88. The molecule has 1 aliphatic heterocycles. The quantitative estimate of drug-likeness (QED) is 0.634. The maximum atomic E-state index is 12.2. The van der Waals surface area contributed by atoms with Crippen LogP contribution >= 0.6 is 23.2 Å². The van der Waals surface area contributed by atoms with Gasteiger partial charge in [0.25, 0.3) is 5.91 Å². The summed E-state index contributed by atoms with van der Waals surface area (Å²) >= 11 is 11.7. The number of Topliss-reactive ketones (excluding diaryl/α,β-unsaturated/α-hetero) is 1. The van der Waals surface area contributed by atoms with E-state index >= 15 is 0 Å². The lowest BCUT2D eigenvalue weighted by molar-refractivity contribution is -0.143. The molecule has 1 aromatic carbocycles. The molecule has 0 N–H and O–H groups in total. The van der Waals surface area contributed by atoms with E-state index in [2.05, 4.69) is 0 Å². The number of carbonyl (C=O) groups excluding carboxylic acids is 2. The summed E-state index contributed by atoms with van der Waals surface area (Å²) in [5.74, 6) is -0.453. The normalized spacial score (nSPS) is 18.6. The first-order valence-electron chi connectivity index (χ1n) is 6.22. The molecular weight excluding hydrogens is 299 g/mol. The fourth-order valence-electron chi connectivity index (χ4n) is 1.91. The molecule has 1 unspecified atom stereocenters. The van der Waals surface area contributed by atoms with Gasteiger partial charge in [-0.25, -0.2) is 5.01 Å². The monoisotopic (exact) mass is 312 g/mol. The Morgan fingerprint density at radius 3 is 2.55 bits per heavy atom. The number of nitrogens with zero attached hydrogens (tertiary/aromatic N) is 2. The second-order valence-electron chi connectivity index (χ2n) is 4.32. The van der Waals surface area contributed by atoms with Crippen LogP contribution in [0.1, 0.15) is 17.3 Å². The highest BCUT2D eigenvalue weighted by atomic mass is 35.5. The van der Waals surface area contributed by atoms with Gasteiger partial charge in [-0.2, -0.15) is 0 Å². The SMILES string of the molecule is CCN1C=CC(Cl)C(=O)N1CC(=O)c1ccc(Cl)cc1. The summed E-state index contributed by atoms with van der Waals surface area (Å²) in [6.07, 6.45) is 3.32. The lowest BCUT2D eigenvalue weighted by Gasteiger charge is -2.36. The summed E-state index contributed by atoms with van der Waals surface area (Å²) in [6.45, 7) is 2.44. The Hall–Kier alpha value is -1.52. The summed E-state index contributed by atoms with van der Waals surface area (Å²) < 4.78 is 0. The minimum atomic E-state index is -0.726. The average molecular weight is 313 g/mol. The summed E-state index contributed by atoms with van der Waals surface area (Å²) in [5.41, 5.74) is 0.513. The summed E-state index contributed by atoms with van der Waals surface area (Å²) in [4.78, 5) is 24.3. The van der Waals surface area contributed by atoms with Crippen molar-refractivity contribution in [2.75, 3.05) is 13.1 Å². The van der Waals surface area contributed by atoms with Crippen LogP contribution in [0.25, 0.3) is 0 Å². The third kappa shape index (κ3) is 3.14. The van der Waals surface area contributed by atoms with Crippen LogP contribution < -0.4 is 0 Å². The predicted molar refractivity (Wildman–Crippen MR) is 78.7 cm³/mol. The Kier molecular flexibility index (Phi) is 4.68. The van der Waals surface area contributed by atoms with Crippen molar-refractivity contribution in [3.8, 4) is 0 Å². The van der Waals surface area contributed by atoms with Crippen LogP contribution in [0.2, 0.25) is 5.02 Å². The van der Waals surface area contributed by atoms with E-state index in [1.54, 1.807) is 41.6 Å². The van der Waals surface area contributed by atoms with Gasteiger partial charge in [0.2, 0.25) is 0 Å². The zero-order valence-corrected chi connectivity index (χ0v) is 12.4. The zero-order valence-electron chi connectivity index (χ0n) is 10.9. The molecule has 1 atom stereocenters. The van der Waals surface area contributed by atoms with E-state index in [1.807, 2.05) is 6.92 Å². The van der Waals surface area contributed by atoms with Gasteiger partial charge in [0.05, 0.1) is 0 Å². The fourth-order valence-corrected chi connectivity index (χ4v) is 2.22. The van der Waals surface area contributed by atoms with Crippen LogP contribution in [0.3, 0.4) is 0 Å². The third-order valence-electron chi connectivity index (χ3n) is 3.01. The molecule has 0 aromatic heterocycles. The van der Waals surface area contributed by atoms with E-state index in [4.69, 9.17) is 23.2 Å². The number of halogens is 2. The molecule has 0 aliphatic carbocycles. The van der Waals surface area contributed by atoms with Crippen LogP contribution in [0.15, 0.2) is 36.5 Å². The Morgan fingerprint density at radius 1 is 1.30 bits per heavy atom. The molecule has 20 heavy (non-hydrogen) atoms. The standard InChI is InChI=1S/C14H14Cl2N2O2/c1-2-17-8-7-12(16)14(20)18(17)9-13(19)10-3-5-11(15)6-4-10/h3-8,12H,2,9H2,1H3. The van der Waals surface area contributed by atoms with Crippen molar-refractivity contribution in [3.63, 3.8) is 0 Å². The third-order valence-corrected chi connectivity index (χ3v) is 3.60. The smallest absolute Gasteiger partial charge is 0.263 e. The number of ketones is 1. The van der Waals surface area contributed by atoms with Crippen molar-refractivity contribution < 1.29 is 9.59 Å². The first-order valence-corrected chi connectivity index (χ1v) is 7.03. The van der Waals surface area contributed by atoms with E-state index in [9.17, 15) is 9.59 Å². The van der Waals surface area contributed by atoms with Gasteiger partial charge in [0.15, 0.2) is 5.78 Å². The molecule has 1 aliphatic rings. The Morgan fingerprint density at radius 2 is 1.95 bits per heavy atom. The lowest BCUT2D eigenvalue weighted by Crippen LogP contribution is -2.51. The molecule has 1 amide bonds. The van der Waals surface area contributed by atoms with Crippen molar-refractivity contribution in [2.24, 2.45) is 0 Å². The topological polar surface area (TPSA) is 40.6 Å². The van der Waals surface area contributed by atoms with Crippen molar-refractivity contribution >= 4 is 34.9 Å². The first kappa shape index (κ1) is 14.9. The highest BCUT2D eigenvalue weighted by molar-refractivity contribution is 6.32. The Labute approximate surface area is 127 Å². The van der Waals surface area contributed by atoms with Crippen molar-refractivity contribution in [2.45, 2.75) is 12.3 Å². The molecule has 1 aromatic rings. The number of hydrogen-bond donors (Lipinski definition) is 0. The molecule has 2 rings (SSSR count). The van der Waals surface area contributed by atoms with E-state index in [1.165, 1.54) is 5.01 Å². The molecule has 0 bridgehead atoms. The number of alkyl halides is 1. The van der Waals surface area contributed by atoms with E-state index < -0.39 is 5.38 Å². The predicted octanol–water partition coefficient (Wildman–Crippen LogP) is 2.72. The van der Waals surface area contributed by atoms with E-state index in [0.29, 0.717) is 17.1 Å². The molecule has 6 heteroatoms. The van der Waals surface area contributed by atoms with Gasteiger partial charge in [0.1, 0.15) is 11.9 Å². The van der Waals surface area contributed by atoms with Gasteiger partial charge < -0.3 is 0 Å². The maximum absolute atomic E-state index is 12.2. The maximum Gasteiger partial charge on any atom is 0.263 e. The summed E-state index contributed by atoms with van der Waals surface area (Å²) in [7, 11) is 0. The van der Waals surface area contributed by atoms with Crippen LogP contribution in [0.4, 0.5) is 0 Å². The molecule has 4 nitrogen and oxygen atoms in total. The Bertz CT molecular complexity index is 543. The van der Waals surface area contributed by atoms with Gasteiger partial charge in [-0.05, 0) is 37.3 Å². The molecular formula is C14H14Cl2N2O2. The molecule has 106 valence electrons. The number of carbonyl (C=O) groups is 2. The highest BCUT2D eigenvalue weighted by Crippen LogP contribution is 2.16. The van der Waals surface area contributed by atoms with Gasteiger partial charge >= 0.3 is 0 Å². The van der Waals surface area contributed by atoms with Gasteiger partial charge in [-0.3, -0.25) is 14.6 Å². The molecule has 0 spiro atoms. The van der Waals surface area contributed by atoms with Crippen molar-refractivity contribution in [1.29, 1.82) is 0 Å². The van der Waals surface area contributed by atoms with Gasteiger partial charge in [0, 0.05) is 23.3 Å². The average Bonchev–Trinajstić information content (AvgIpc) is 2.45. The molecule has 0 radical (unpaired) electrons. The van der Waals surface area contributed by atoms with E-state index in [0.717, 1.165) is 0 Å². The molecule has 0 saturated heterocycles. The van der Waals surface area contributed by atoms with Crippen LogP contribution in [0.5, 0.6) is 0 Å². The summed E-state index contributed by atoms with van der Waals surface area (Å²) in [6, 6.07) is 6.58. The number of hydrogen-bond acceptors (Lipinski definition) is 3. The van der Waals surface area contributed by atoms with Crippen molar-refractivity contribution in [3.05, 3.63) is 47.1 Å². The number of benzene rings is 1. The molecule has 1 heterocycles. The molecule has 0 saturated carbocycles.